The zero-order chi connectivity index (χ0) is 18.7. The van der Waals surface area contributed by atoms with Crippen LogP contribution in [-0.4, -0.2) is 50.6 Å². The zero-order valence-electron chi connectivity index (χ0n) is 15.2. The highest BCUT2D eigenvalue weighted by Crippen LogP contribution is 2.40. The van der Waals surface area contributed by atoms with Gasteiger partial charge in [0.05, 0.1) is 15.2 Å². The summed E-state index contributed by atoms with van der Waals surface area (Å²) in [7, 11) is 0. The molecule has 3 aliphatic heterocycles. The van der Waals surface area contributed by atoms with Gasteiger partial charge in [-0.3, -0.25) is 19.3 Å². The van der Waals surface area contributed by atoms with Gasteiger partial charge in [0.2, 0.25) is 11.8 Å². The SMILES string of the molecule is Cc1nc2ccc(C(=O)N3C4CCC3CC(N3C(=O)CCC3=O)C4)cc2s1. The van der Waals surface area contributed by atoms with Crippen molar-refractivity contribution < 1.29 is 14.4 Å². The largest absolute Gasteiger partial charge is 0.333 e. The van der Waals surface area contributed by atoms with Gasteiger partial charge in [-0.1, -0.05) is 0 Å². The summed E-state index contributed by atoms with van der Waals surface area (Å²) in [6, 6.07) is 5.91. The highest BCUT2D eigenvalue weighted by atomic mass is 32.1. The lowest BCUT2D eigenvalue weighted by Gasteiger charge is -2.41. The summed E-state index contributed by atoms with van der Waals surface area (Å²) in [5.41, 5.74) is 1.64. The van der Waals surface area contributed by atoms with E-state index >= 15 is 0 Å². The molecule has 3 saturated heterocycles. The maximum atomic E-state index is 13.2. The summed E-state index contributed by atoms with van der Waals surface area (Å²) in [5.74, 6) is -0.0293. The topological polar surface area (TPSA) is 70.6 Å². The number of imide groups is 1. The van der Waals surface area contributed by atoms with Crippen LogP contribution in [0.2, 0.25) is 0 Å². The molecule has 140 valence electrons. The van der Waals surface area contributed by atoms with Crippen LogP contribution in [0.25, 0.3) is 10.2 Å². The number of carbonyl (C=O) groups excluding carboxylic acids is 3. The van der Waals surface area contributed by atoms with Gasteiger partial charge in [-0.15, -0.1) is 11.3 Å². The summed E-state index contributed by atoms with van der Waals surface area (Å²) >= 11 is 1.60. The number of piperidine rings is 1. The number of carbonyl (C=O) groups is 3. The van der Waals surface area contributed by atoms with E-state index < -0.39 is 0 Å². The number of rotatable bonds is 2. The minimum Gasteiger partial charge on any atom is -0.333 e. The molecule has 27 heavy (non-hydrogen) atoms. The normalized spacial score (nSPS) is 27.8. The molecular formula is C20H21N3O3S. The van der Waals surface area contributed by atoms with Crippen LogP contribution in [0.15, 0.2) is 18.2 Å². The molecule has 2 unspecified atom stereocenters. The van der Waals surface area contributed by atoms with Gasteiger partial charge in [-0.05, 0) is 50.8 Å². The summed E-state index contributed by atoms with van der Waals surface area (Å²) in [6.45, 7) is 1.97. The van der Waals surface area contributed by atoms with Gasteiger partial charge in [-0.2, -0.15) is 0 Å². The average molecular weight is 383 g/mol. The van der Waals surface area contributed by atoms with E-state index in [1.165, 1.54) is 4.90 Å². The minimum absolute atomic E-state index is 0.0410. The fourth-order valence-electron chi connectivity index (χ4n) is 5.01. The van der Waals surface area contributed by atoms with Gasteiger partial charge < -0.3 is 4.90 Å². The van der Waals surface area contributed by atoms with Crippen LogP contribution in [0, 0.1) is 6.92 Å². The summed E-state index contributed by atoms with van der Waals surface area (Å²) < 4.78 is 1.04. The molecule has 1 aromatic heterocycles. The number of aromatic nitrogens is 1. The third-order valence-corrected chi connectivity index (χ3v) is 7.07. The number of hydrogen-bond donors (Lipinski definition) is 0. The molecular weight excluding hydrogens is 362 g/mol. The van der Waals surface area contributed by atoms with E-state index in [2.05, 4.69) is 4.98 Å². The summed E-state index contributed by atoms with van der Waals surface area (Å²) in [5, 5.41) is 0.996. The van der Waals surface area contributed by atoms with Gasteiger partial charge in [0.25, 0.3) is 5.91 Å². The van der Waals surface area contributed by atoms with Gasteiger partial charge in [0.15, 0.2) is 0 Å². The molecule has 0 spiro atoms. The number of thiazole rings is 1. The van der Waals surface area contributed by atoms with Crippen molar-refractivity contribution in [1.82, 2.24) is 14.8 Å². The number of aryl methyl sites for hydroxylation is 1. The molecule has 3 aliphatic rings. The Kier molecular flexibility index (Phi) is 3.82. The molecule has 2 bridgehead atoms. The number of benzene rings is 1. The van der Waals surface area contributed by atoms with E-state index in [1.54, 1.807) is 11.3 Å². The highest BCUT2D eigenvalue weighted by Gasteiger charge is 2.47. The molecule has 0 N–H and O–H groups in total. The van der Waals surface area contributed by atoms with E-state index in [0.29, 0.717) is 31.2 Å². The second kappa shape index (κ2) is 6.12. The van der Waals surface area contributed by atoms with Crippen LogP contribution in [0.3, 0.4) is 0 Å². The fourth-order valence-corrected chi connectivity index (χ4v) is 5.88. The number of fused-ring (bicyclic) bond motifs is 3. The Bertz CT molecular complexity index is 939. The van der Waals surface area contributed by atoms with E-state index in [0.717, 1.165) is 28.1 Å². The third kappa shape index (κ3) is 2.67. The molecule has 1 aromatic carbocycles. The maximum Gasteiger partial charge on any atom is 0.254 e. The van der Waals surface area contributed by atoms with Crippen molar-refractivity contribution in [3.8, 4) is 0 Å². The first kappa shape index (κ1) is 16.9. The lowest BCUT2D eigenvalue weighted by atomic mass is 9.95. The average Bonchev–Trinajstić information content (AvgIpc) is 3.26. The Labute approximate surface area is 161 Å². The molecule has 2 atom stereocenters. The molecule has 2 aromatic rings. The van der Waals surface area contributed by atoms with Crippen LogP contribution < -0.4 is 0 Å². The van der Waals surface area contributed by atoms with Crippen molar-refractivity contribution in [3.63, 3.8) is 0 Å². The first-order valence-electron chi connectivity index (χ1n) is 9.56. The molecule has 7 heteroatoms. The molecule has 5 rings (SSSR count). The molecule has 6 nitrogen and oxygen atoms in total. The molecule has 0 saturated carbocycles. The lowest BCUT2D eigenvalue weighted by Crippen LogP contribution is -2.53. The van der Waals surface area contributed by atoms with Crippen molar-refractivity contribution in [3.05, 3.63) is 28.8 Å². The number of likely N-dealkylation sites (tertiary alicyclic amines) is 1. The van der Waals surface area contributed by atoms with Crippen LogP contribution >= 0.6 is 11.3 Å². The second-order valence-electron chi connectivity index (χ2n) is 7.80. The molecule has 3 fully saturated rings. The summed E-state index contributed by atoms with van der Waals surface area (Å²) in [6.07, 6.45) is 3.99. The standard InChI is InChI=1S/C20H21N3O3S/c1-11-21-16-5-2-12(8-17(16)27-11)20(26)22-13-3-4-14(22)10-15(9-13)23-18(24)6-7-19(23)25/h2,5,8,13-15H,3-4,6-7,9-10H2,1H3. The molecule has 0 radical (unpaired) electrons. The van der Waals surface area contributed by atoms with Gasteiger partial charge in [-0.25, -0.2) is 4.98 Å². The fraction of sp³-hybridized carbons (Fsp3) is 0.500. The molecule has 4 heterocycles. The quantitative estimate of drug-likeness (QED) is 0.748. The zero-order valence-corrected chi connectivity index (χ0v) is 16.0. The maximum absolute atomic E-state index is 13.2. The lowest BCUT2D eigenvalue weighted by molar-refractivity contribution is -0.142. The first-order chi connectivity index (χ1) is 13.0. The van der Waals surface area contributed by atoms with E-state index in [9.17, 15) is 14.4 Å². The van der Waals surface area contributed by atoms with Gasteiger partial charge in [0, 0.05) is 36.5 Å². The first-order valence-corrected chi connectivity index (χ1v) is 10.4. The van der Waals surface area contributed by atoms with Gasteiger partial charge in [0.1, 0.15) is 0 Å². The van der Waals surface area contributed by atoms with Crippen molar-refractivity contribution in [2.75, 3.05) is 0 Å². The van der Waals surface area contributed by atoms with Crippen molar-refractivity contribution in [1.29, 1.82) is 0 Å². The Morgan fingerprint density at radius 1 is 1.07 bits per heavy atom. The third-order valence-electron chi connectivity index (χ3n) is 6.14. The Morgan fingerprint density at radius 2 is 1.74 bits per heavy atom. The monoisotopic (exact) mass is 383 g/mol. The van der Waals surface area contributed by atoms with Gasteiger partial charge >= 0.3 is 0 Å². The van der Waals surface area contributed by atoms with Crippen LogP contribution in [0.1, 0.15) is 53.9 Å². The van der Waals surface area contributed by atoms with Crippen LogP contribution in [-0.2, 0) is 9.59 Å². The van der Waals surface area contributed by atoms with E-state index in [4.69, 9.17) is 0 Å². The van der Waals surface area contributed by atoms with E-state index in [1.807, 2.05) is 30.0 Å². The van der Waals surface area contributed by atoms with E-state index in [-0.39, 0.29) is 35.8 Å². The Hall–Kier alpha value is -2.28. The second-order valence-corrected chi connectivity index (χ2v) is 9.03. The molecule has 0 aliphatic carbocycles. The minimum atomic E-state index is -0.0461. The van der Waals surface area contributed by atoms with Crippen molar-refractivity contribution in [2.45, 2.75) is 63.6 Å². The van der Waals surface area contributed by atoms with Crippen LogP contribution in [0.4, 0.5) is 0 Å². The van der Waals surface area contributed by atoms with Crippen LogP contribution in [0.5, 0.6) is 0 Å². The summed E-state index contributed by atoms with van der Waals surface area (Å²) in [4.78, 5) is 45.4. The number of nitrogens with zero attached hydrogens (tertiary/aromatic N) is 3. The Balaban J connectivity index is 1.39. The highest BCUT2D eigenvalue weighted by molar-refractivity contribution is 7.18. The predicted octanol–water partition coefficient (Wildman–Crippen LogP) is 2.89. The van der Waals surface area contributed by atoms with Crippen molar-refractivity contribution >= 4 is 39.3 Å². The van der Waals surface area contributed by atoms with Crippen molar-refractivity contribution in [2.24, 2.45) is 0 Å². The number of hydrogen-bond acceptors (Lipinski definition) is 5. The number of amides is 3. The Morgan fingerprint density at radius 3 is 2.41 bits per heavy atom. The predicted molar refractivity (Wildman–Crippen MR) is 101 cm³/mol. The molecule has 3 amide bonds. The smallest absolute Gasteiger partial charge is 0.254 e.